The van der Waals surface area contributed by atoms with Gasteiger partial charge in [-0.25, -0.2) is 0 Å². The molecular weight excluding hydrogens is 302 g/mol. The Morgan fingerprint density at radius 3 is 2.54 bits per heavy atom. The van der Waals surface area contributed by atoms with Crippen molar-refractivity contribution in [2.75, 3.05) is 31.1 Å². The van der Waals surface area contributed by atoms with E-state index in [-0.39, 0.29) is 5.92 Å². The molecule has 1 aliphatic heterocycles. The molecule has 0 bridgehead atoms. The van der Waals surface area contributed by atoms with E-state index in [0.29, 0.717) is 5.91 Å². The number of piperazine rings is 1. The van der Waals surface area contributed by atoms with Crippen LogP contribution < -0.4 is 4.90 Å². The van der Waals surface area contributed by atoms with Gasteiger partial charge in [-0.05, 0) is 31.9 Å². The standard InChI is InChI=1S/C18H25N5O/c1-14-6-5-9-16-19-20-18(23(14)16)22-12-10-21(11-13-22)17(24)15-7-3-2-4-8-15/h5-6,9,15H,2-4,7-8,10-13H2,1H3. The summed E-state index contributed by atoms with van der Waals surface area (Å²) >= 11 is 0. The van der Waals surface area contributed by atoms with E-state index < -0.39 is 0 Å². The SMILES string of the molecule is Cc1cccc2nnc(N3CCN(C(=O)C4CCCCC4)CC3)n12. The minimum absolute atomic E-state index is 0.265. The van der Waals surface area contributed by atoms with E-state index in [0.717, 1.165) is 56.3 Å². The zero-order valence-corrected chi connectivity index (χ0v) is 14.3. The third-order valence-corrected chi connectivity index (χ3v) is 5.44. The molecule has 2 aromatic rings. The number of rotatable bonds is 2. The van der Waals surface area contributed by atoms with E-state index in [9.17, 15) is 4.79 Å². The fourth-order valence-corrected chi connectivity index (χ4v) is 4.02. The first-order valence-corrected chi connectivity index (χ1v) is 9.08. The molecule has 1 amide bonds. The highest BCUT2D eigenvalue weighted by Crippen LogP contribution is 2.26. The van der Waals surface area contributed by atoms with Gasteiger partial charge in [0.2, 0.25) is 11.9 Å². The quantitative estimate of drug-likeness (QED) is 0.849. The zero-order chi connectivity index (χ0) is 16.5. The second-order valence-electron chi connectivity index (χ2n) is 7.01. The van der Waals surface area contributed by atoms with E-state index in [1.54, 1.807) is 0 Å². The molecule has 0 N–H and O–H groups in total. The van der Waals surface area contributed by atoms with E-state index in [4.69, 9.17) is 0 Å². The van der Waals surface area contributed by atoms with Crippen LogP contribution in [0.1, 0.15) is 37.8 Å². The Balaban J connectivity index is 1.45. The number of anilines is 1. The molecule has 0 spiro atoms. The van der Waals surface area contributed by atoms with Crippen molar-refractivity contribution in [1.82, 2.24) is 19.5 Å². The Bertz CT molecular complexity index is 726. The average molecular weight is 327 g/mol. The maximum Gasteiger partial charge on any atom is 0.232 e. The molecule has 0 radical (unpaired) electrons. The topological polar surface area (TPSA) is 53.7 Å². The van der Waals surface area contributed by atoms with Gasteiger partial charge in [-0.3, -0.25) is 9.20 Å². The lowest BCUT2D eigenvalue weighted by molar-refractivity contribution is -0.136. The Hall–Kier alpha value is -2.11. The molecule has 1 saturated heterocycles. The van der Waals surface area contributed by atoms with Crippen LogP contribution >= 0.6 is 0 Å². The fraction of sp³-hybridized carbons (Fsp3) is 0.611. The zero-order valence-electron chi connectivity index (χ0n) is 14.3. The van der Waals surface area contributed by atoms with Crippen LogP contribution in [0.3, 0.4) is 0 Å². The Labute approximate surface area is 142 Å². The molecule has 6 heteroatoms. The van der Waals surface area contributed by atoms with Crippen molar-refractivity contribution in [3.63, 3.8) is 0 Å². The third kappa shape index (κ3) is 2.74. The third-order valence-electron chi connectivity index (χ3n) is 5.44. The summed E-state index contributed by atoms with van der Waals surface area (Å²) in [5.41, 5.74) is 2.01. The molecule has 3 heterocycles. The molecule has 1 aliphatic carbocycles. The molecule has 0 unspecified atom stereocenters. The smallest absolute Gasteiger partial charge is 0.232 e. The number of nitrogens with zero attached hydrogens (tertiary/aromatic N) is 5. The van der Waals surface area contributed by atoms with Gasteiger partial charge >= 0.3 is 0 Å². The molecule has 24 heavy (non-hydrogen) atoms. The van der Waals surface area contributed by atoms with Gasteiger partial charge in [0.25, 0.3) is 0 Å². The molecule has 128 valence electrons. The number of aryl methyl sites for hydroxylation is 1. The van der Waals surface area contributed by atoms with E-state index in [2.05, 4.69) is 37.4 Å². The first-order valence-electron chi connectivity index (χ1n) is 9.08. The van der Waals surface area contributed by atoms with Gasteiger partial charge in [0.05, 0.1) is 0 Å². The van der Waals surface area contributed by atoms with Crippen molar-refractivity contribution < 1.29 is 4.79 Å². The number of pyridine rings is 1. The number of carbonyl (C=O) groups is 1. The van der Waals surface area contributed by atoms with Gasteiger partial charge in [0.15, 0.2) is 5.65 Å². The van der Waals surface area contributed by atoms with Gasteiger partial charge in [-0.15, -0.1) is 10.2 Å². The Morgan fingerprint density at radius 2 is 1.79 bits per heavy atom. The first kappa shape index (κ1) is 15.4. The predicted octanol–water partition coefficient (Wildman–Crippen LogP) is 2.27. The molecular formula is C18H25N5O. The van der Waals surface area contributed by atoms with Crippen LogP contribution in [0.5, 0.6) is 0 Å². The van der Waals surface area contributed by atoms with Gasteiger partial charge < -0.3 is 9.80 Å². The van der Waals surface area contributed by atoms with Crippen LogP contribution in [0.4, 0.5) is 5.95 Å². The molecule has 6 nitrogen and oxygen atoms in total. The summed E-state index contributed by atoms with van der Waals surface area (Å²) in [5.74, 6) is 1.53. The Morgan fingerprint density at radius 1 is 1.04 bits per heavy atom. The van der Waals surface area contributed by atoms with Crippen molar-refractivity contribution in [2.45, 2.75) is 39.0 Å². The lowest BCUT2D eigenvalue weighted by Crippen LogP contribution is -2.51. The van der Waals surface area contributed by atoms with Crippen LogP contribution in [0, 0.1) is 12.8 Å². The highest BCUT2D eigenvalue weighted by atomic mass is 16.2. The summed E-state index contributed by atoms with van der Waals surface area (Å²) < 4.78 is 2.10. The van der Waals surface area contributed by atoms with Crippen LogP contribution in [0.15, 0.2) is 18.2 Å². The maximum absolute atomic E-state index is 12.7. The largest absolute Gasteiger partial charge is 0.339 e. The summed E-state index contributed by atoms with van der Waals surface area (Å²) in [6.45, 7) is 5.30. The van der Waals surface area contributed by atoms with E-state index in [1.807, 2.05) is 12.1 Å². The van der Waals surface area contributed by atoms with Crippen molar-refractivity contribution in [1.29, 1.82) is 0 Å². The first-order chi connectivity index (χ1) is 11.7. The molecule has 2 fully saturated rings. The molecule has 1 saturated carbocycles. The highest BCUT2D eigenvalue weighted by Gasteiger charge is 2.29. The number of amides is 1. The minimum atomic E-state index is 0.265. The second kappa shape index (κ2) is 6.42. The number of hydrogen-bond acceptors (Lipinski definition) is 4. The van der Waals surface area contributed by atoms with Crippen LogP contribution in [0.2, 0.25) is 0 Å². The molecule has 0 atom stereocenters. The van der Waals surface area contributed by atoms with E-state index in [1.165, 1.54) is 19.3 Å². The second-order valence-corrected chi connectivity index (χ2v) is 7.01. The summed E-state index contributed by atoms with van der Waals surface area (Å²) in [6.07, 6.45) is 5.86. The van der Waals surface area contributed by atoms with Gasteiger partial charge in [0.1, 0.15) is 0 Å². The summed E-state index contributed by atoms with van der Waals surface area (Å²) in [5, 5.41) is 8.65. The average Bonchev–Trinajstić information content (AvgIpc) is 3.07. The summed E-state index contributed by atoms with van der Waals surface area (Å²) in [7, 11) is 0. The van der Waals surface area contributed by atoms with Gasteiger partial charge in [-0.2, -0.15) is 0 Å². The fourth-order valence-electron chi connectivity index (χ4n) is 4.02. The van der Waals surface area contributed by atoms with Gasteiger partial charge in [-0.1, -0.05) is 25.3 Å². The monoisotopic (exact) mass is 327 g/mol. The minimum Gasteiger partial charge on any atom is -0.339 e. The van der Waals surface area contributed by atoms with Crippen molar-refractivity contribution in [2.24, 2.45) is 5.92 Å². The molecule has 4 rings (SSSR count). The maximum atomic E-state index is 12.7. The van der Waals surface area contributed by atoms with Crippen LogP contribution in [-0.2, 0) is 4.79 Å². The Kier molecular flexibility index (Phi) is 4.12. The highest BCUT2D eigenvalue weighted by molar-refractivity contribution is 5.79. The normalized spacial score (nSPS) is 19.9. The molecule has 0 aromatic carbocycles. The van der Waals surface area contributed by atoms with Crippen molar-refractivity contribution in [3.05, 3.63) is 23.9 Å². The van der Waals surface area contributed by atoms with Crippen molar-refractivity contribution >= 4 is 17.5 Å². The van der Waals surface area contributed by atoms with Crippen LogP contribution in [-0.4, -0.2) is 51.6 Å². The summed E-state index contributed by atoms with van der Waals surface area (Å²) in [6, 6.07) is 6.05. The lowest BCUT2D eigenvalue weighted by atomic mass is 9.88. The number of fused-ring (bicyclic) bond motifs is 1. The van der Waals surface area contributed by atoms with Gasteiger partial charge in [0, 0.05) is 37.8 Å². The number of carbonyl (C=O) groups excluding carboxylic acids is 1. The van der Waals surface area contributed by atoms with Crippen LogP contribution in [0.25, 0.3) is 5.65 Å². The predicted molar refractivity (Wildman–Crippen MR) is 93.1 cm³/mol. The molecule has 2 aliphatic rings. The lowest BCUT2D eigenvalue weighted by Gasteiger charge is -2.37. The number of aromatic nitrogens is 3. The van der Waals surface area contributed by atoms with E-state index >= 15 is 0 Å². The summed E-state index contributed by atoms with van der Waals surface area (Å²) in [4.78, 5) is 17.0. The number of hydrogen-bond donors (Lipinski definition) is 0. The van der Waals surface area contributed by atoms with Crippen molar-refractivity contribution in [3.8, 4) is 0 Å². The molecule has 2 aromatic heterocycles.